The molecule has 59 heavy (non-hydrogen) atoms. The second-order valence-corrected chi connectivity index (χ2v) is 20.8. The van der Waals surface area contributed by atoms with Crippen LogP contribution in [-0.4, -0.2) is 0 Å². The molecule has 11 rings (SSSR count). The number of rotatable bonds is 5. The van der Waals surface area contributed by atoms with Gasteiger partial charge in [-0.1, -0.05) is 108 Å². The number of benzene rings is 5. The van der Waals surface area contributed by atoms with Crippen LogP contribution >= 0.6 is 34.0 Å². The van der Waals surface area contributed by atoms with Crippen molar-refractivity contribution in [1.82, 2.24) is 0 Å². The zero-order valence-electron chi connectivity index (χ0n) is 33.7. The number of fused-ring (bicyclic) bond motifs is 11. The number of thiophene rings is 3. The quantitative estimate of drug-likeness (QED) is 0.163. The first-order valence-corrected chi connectivity index (χ1v) is 22.5. The second-order valence-electron chi connectivity index (χ2n) is 17.6. The van der Waals surface area contributed by atoms with E-state index in [1.807, 2.05) is 40.9 Å². The van der Waals surface area contributed by atoms with E-state index in [0.29, 0.717) is 0 Å². The summed E-state index contributed by atoms with van der Waals surface area (Å²) < 4.78 is 2.66. The molecule has 0 radical (unpaired) electrons. The summed E-state index contributed by atoms with van der Waals surface area (Å²) in [4.78, 5) is 7.15. The van der Waals surface area contributed by atoms with Crippen LogP contribution in [0.15, 0.2) is 127 Å². The molecule has 0 unspecified atom stereocenters. The molecule has 0 saturated heterocycles. The molecule has 6 heteroatoms. The van der Waals surface area contributed by atoms with Crippen molar-refractivity contribution >= 4 is 66.5 Å². The number of nitriles is 2. The molecule has 0 N–H and O–H groups in total. The molecule has 0 atom stereocenters. The third kappa shape index (κ3) is 5.07. The lowest BCUT2D eigenvalue weighted by molar-refractivity contribution is 0.660. The van der Waals surface area contributed by atoms with Crippen LogP contribution in [0.25, 0.3) is 57.9 Å². The SMILES string of the molecule is CC1(C)c2ccccc2-c2ccc(N(c3ccc4c(c3)C(C)(C)c3ccccc3-4)c3ccc4c(c3)C(C)(C)c3c-4sc4cc(-c5ccc(C=C(C#N)C#N)s5)sc34)cc21. The van der Waals surface area contributed by atoms with Gasteiger partial charge in [0, 0.05) is 57.5 Å². The van der Waals surface area contributed by atoms with Gasteiger partial charge in [-0.05, 0) is 122 Å². The number of nitrogens with zero attached hydrogens (tertiary/aromatic N) is 3. The summed E-state index contributed by atoms with van der Waals surface area (Å²) in [6.45, 7) is 14.2. The summed E-state index contributed by atoms with van der Waals surface area (Å²) in [5, 5.41) is 18.6. The van der Waals surface area contributed by atoms with Gasteiger partial charge in [-0.25, -0.2) is 0 Å². The molecule has 0 aliphatic heterocycles. The van der Waals surface area contributed by atoms with E-state index in [0.717, 1.165) is 26.8 Å². The smallest absolute Gasteiger partial charge is 0.131 e. The minimum absolute atomic E-state index is 0.119. The summed E-state index contributed by atoms with van der Waals surface area (Å²) in [6, 6.07) is 49.6. The Morgan fingerprint density at radius 3 is 1.58 bits per heavy atom. The van der Waals surface area contributed by atoms with Crippen LogP contribution in [0.1, 0.15) is 79.8 Å². The fourth-order valence-corrected chi connectivity index (χ4v) is 14.2. The number of hydrogen-bond donors (Lipinski definition) is 0. The molecule has 3 aromatic heterocycles. The normalized spacial score (nSPS) is 15.3. The first kappa shape index (κ1) is 36.1. The molecule has 3 aliphatic rings. The Morgan fingerprint density at radius 1 is 0.508 bits per heavy atom. The Kier molecular flexibility index (Phi) is 7.64. The lowest BCUT2D eigenvalue weighted by Gasteiger charge is -2.31. The van der Waals surface area contributed by atoms with E-state index in [4.69, 9.17) is 0 Å². The number of allylic oxidation sites excluding steroid dienone is 1. The Balaban J connectivity index is 1.04. The molecule has 3 heterocycles. The van der Waals surface area contributed by atoms with Crippen molar-refractivity contribution in [2.45, 2.75) is 57.8 Å². The predicted molar refractivity (Wildman–Crippen MR) is 250 cm³/mol. The highest BCUT2D eigenvalue weighted by molar-refractivity contribution is 7.32. The summed E-state index contributed by atoms with van der Waals surface area (Å²) in [6.07, 6.45) is 1.67. The molecular formula is C53H39N3S3. The van der Waals surface area contributed by atoms with E-state index in [2.05, 4.69) is 162 Å². The van der Waals surface area contributed by atoms with Crippen LogP contribution in [0.3, 0.4) is 0 Å². The Labute approximate surface area is 357 Å². The Bertz CT molecular complexity index is 3120. The van der Waals surface area contributed by atoms with E-state index < -0.39 is 0 Å². The number of anilines is 3. The van der Waals surface area contributed by atoms with Gasteiger partial charge in [-0.3, -0.25) is 0 Å². The topological polar surface area (TPSA) is 50.8 Å². The third-order valence-corrected chi connectivity index (χ3v) is 16.9. The van der Waals surface area contributed by atoms with E-state index in [1.165, 1.54) is 80.4 Å². The zero-order chi connectivity index (χ0) is 40.6. The highest BCUT2D eigenvalue weighted by atomic mass is 32.1. The van der Waals surface area contributed by atoms with Crippen LogP contribution in [0.2, 0.25) is 0 Å². The first-order valence-electron chi connectivity index (χ1n) is 20.0. The van der Waals surface area contributed by atoms with Gasteiger partial charge >= 0.3 is 0 Å². The molecule has 0 bridgehead atoms. The van der Waals surface area contributed by atoms with E-state index in [-0.39, 0.29) is 21.8 Å². The third-order valence-electron chi connectivity index (χ3n) is 13.2. The van der Waals surface area contributed by atoms with Crippen molar-refractivity contribution in [3.05, 3.63) is 165 Å². The minimum atomic E-state index is -0.215. The first-order chi connectivity index (χ1) is 28.4. The molecule has 0 spiro atoms. The summed E-state index contributed by atoms with van der Waals surface area (Å²) >= 11 is 5.37. The van der Waals surface area contributed by atoms with Crippen LogP contribution in [0, 0.1) is 22.7 Å². The van der Waals surface area contributed by atoms with Gasteiger partial charge in [-0.15, -0.1) is 34.0 Å². The molecule has 8 aromatic rings. The maximum Gasteiger partial charge on any atom is 0.131 e. The number of hydrogen-bond acceptors (Lipinski definition) is 6. The lowest BCUT2D eigenvalue weighted by Crippen LogP contribution is -2.19. The molecular weight excluding hydrogens is 775 g/mol. The van der Waals surface area contributed by atoms with Crippen molar-refractivity contribution in [3.63, 3.8) is 0 Å². The van der Waals surface area contributed by atoms with Crippen LogP contribution in [-0.2, 0) is 16.2 Å². The highest BCUT2D eigenvalue weighted by Gasteiger charge is 2.41. The van der Waals surface area contributed by atoms with Crippen molar-refractivity contribution in [1.29, 1.82) is 10.5 Å². The zero-order valence-corrected chi connectivity index (χ0v) is 36.1. The van der Waals surface area contributed by atoms with Crippen molar-refractivity contribution in [2.24, 2.45) is 0 Å². The minimum Gasteiger partial charge on any atom is -0.310 e. The molecule has 0 amide bonds. The molecule has 5 aromatic carbocycles. The van der Waals surface area contributed by atoms with E-state index in [9.17, 15) is 10.5 Å². The molecule has 0 fully saturated rings. The fourth-order valence-electron chi connectivity index (χ4n) is 10.2. The molecule has 284 valence electrons. The maximum absolute atomic E-state index is 9.29. The Morgan fingerprint density at radius 2 is 1.02 bits per heavy atom. The monoisotopic (exact) mass is 813 g/mol. The van der Waals surface area contributed by atoms with Crippen molar-refractivity contribution < 1.29 is 0 Å². The van der Waals surface area contributed by atoms with E-state index >= 15 is 0 Å². The highest BCUT2D eigenvalue weighted by Crippen LogP contribution is 2.60. The summed E-state index contributed by atoms with van der Waals surface area (Å²) in [5.74, 6) is 0. The van der Waals surface area contributed by atoms with Gasteiger partial charge in [-0.2, -0.15) is 10.5 Å². The van der Waals surface area contributed by atoms with Gasteiger partial charge in [0.1, 0.15) is 17.7 Å². The van der Waals surface area contributed by atoms with Gasteiger partial charge < -0.3 is 4.90 Å². The van der Waals surface area contributed by atoms with Crippen LogP contribution < -0.4 is 4.90 Å². The van der Waals surface area contributed by atoms with Crippen molar-refractivity contribution in [2.75, 3.05) is 4.90 Å². The van der Waals surface area contributed by atoms with Gasteiger partial charge in [0.2, 0.25) is 0 Å². The predicted octanol–water partition coefficient (Wildman–Crippen LogP) is 15.5. The Hall–Kier alpha value is -6.02. The largest absolute Gasteiger partial charge is 0.310 e. The average Bonchev–Trinajstić information content (AvgIpc) is 4.07. The fraction of sp³-hybridized carbons (Fsp3) is 0.170. The molecule has 3 aliphatic carbocycles. The molecule has 0 saturated carbocycles. The van der Waals surface area contributed by atoms with Crippen molar-refractivity contribution in [3.8, 4) is 54.6 Å². The van der Waals surface area contributed by atoms with Gasteiger partial charge in [0.05, 0.1) is 4.70 Å². The van der Waals surface area contributed by atoms with Crippen LogP contribution in [0.5, 0.6) is 0 Å². The maximum atomic E-state index is 9.29. The van der Waals surface area contributed by atoms with E-state index in [1.54, 1.807) is 17.4 Å². The lowest BCUT2D eigenvalue weighted by atomic mass is 9.81. The standard InChI is InChI=1S/C53H39N3S3/c1-51(2)40-13-9-7-11-35(40)37-19-15-31(24-42(37)51)56(32-16-20-38-36-12-8-10-14-41(36)52(3,4)43(38)25-32)33-17-21-39-44(26-33)53(5,6)48-49(39)59-47-27-46(58-50(47)48)45-22-18-34(57-45)23-30(28-54)29-55/h7-27H,1-6H3. The molecule has 3 nitrogen and oxygen atoms in total. The average molecular weight is 814 g/mol. The summed E-state index contributed by atoms with van der Waals surface area (Å²) in [7, 11) is 0. The summed E-state index contributed by atoms with van der Waals surface area (Å²) in [5.41, 5.74) is 18.0. The van der Waals surface area contributed by atoms with Gasteiger partial charge in [0.25, 0.3) is 0 Å². The van der Waals surface area contributed by atoms with Crippen LogP contribution in [0.4, 0.5) is 17.1 Å². The van der Waals surface area contributed by atoms with Gasteiger partial charge in [0.15, 0.2) is 0 Å². The second kappa shape index (κ2) is 12.5.